The zero-order valence-corrected chi connectivity index (χ0v) is 13.1. The average Bonchev–Trinajstić information content (AvgIpc) is 2.69. The molecule has 102 valence electrons. The number of hydrogen-bond acceptors (Lipinski definition) is 3. The molecule has 0 bridgehead atoms. The largest absolute Gasteiger partial charge is 0.303 e. The first-order valence-electron chi connectivity index (χ1n) is 6.74. The van der Waals surface area contributed by atoms with Gasteiger partial charge in [0.1, 0.15) is 0 Å². The van der Waals surface area contributed by atoms with E-state index in [1.165, 1.54) is 16.0 Å². The van der Waals surface area contributed by atoms with E-state index < -0.39 is 0 Å². The van der Waals surface area contributed by atoms with Gasteiger partial charge in [-0.05, 0) is 40.2 Å². The lowest BCUT2D eigenvalue weighted by molar-refractivity contribution is 0.498. The monoisotopic (exact) mass is 274 g/mol. The molecule has 0 spiro atoms. The highest BCUT2D eigenvalue weighted by atomic mass is 32.1. The number of rotatable bonds is 4. The first-order chi connectivity index (χ1) is 8.97. The van der Waals surface area contributed by atoms with Gasteiger partial charge < -0.3 is 5.32 Å². The summed E-state index contributed by atoms with van der Waals surface area (Å²) in [6, 6.07) is 9.41. The second-order valence-corrected chi connectivity index (χ2v) is 6.44. The maximum atomic E-state index is 4.50. The summed E-state index contributed by atoms with van der Waals surface area (Å²) in [7, 11) is 0. The molecule has 0 fully saturated rings. The van der Waals surface area contributed by atoms with Crippen molar-refractivity contribution in [3.63, 3.8) is 0 Å². The summed E-state index contributed by atoms with van der Waals surface area (Å²) < 4.78 is 0. The molecule has 2 aromatic rings. The van der Waals surface area contributed by atoms with Crippen LogP contribution in [0.25, 0.3) is 0 Å². The highest BCUT2D eigenvalue weighted by Crippen LogP contribution is 2.26. The summed E-state index contributed by atoms with van der Waals surface area (Å²) >= 11 is 1.79. The molecule has 19 heavy (non-hydrogen) atoms. The Kier molecular flexibility index (Phi) is 4.38. The molecule has 1 unspecified atom stereocenters. The van der Waals surface area contributed by atoms with E-state index in [1.807, 2.05) is 0 Å². The van der Waals surface area contributed by atoms with Gasteiger partial charge in [0.25, 0.3) is 0 Å². The Labute approximate surface area is 119 Å². The van der Waals surface area contributed by atoms with Crippen LogP contribution < -0.4 is 5.32 Å². The van der Waals surface area contributed by atoms with Gasteiger partial charge in [0.15, 0.2) is 0 Å². The smallest absolute Gasteiger partial charge is 0.0900 e. The van der Waals surface area contributed by atoms with E-state index in [0.717, 1.165) is 10.7 Å². The zero-order chi connectivity index (χ0) is 14.0. The molecular formula is C16H22N2S. The Hall–Kier alpha value is -1.19. The number of nitrogens with zero attached hydrogens (tertiary/aromatic N) is 1. The SMILES string of the molecule is Cc1ccc([C@@H](C)NC(C)c2sc(C)nc2C)cc1. The molecule has 3 heteroatoms. The molecule has 0 radical (unpaired) electrons. The van der Waals surface area contributed by atoms with Crippen LogP contribution in [0.5, 0.6) is 0 Å². The van der Waals surface area contributed by atoms with Crippen LogP contribution in [0.15, 0.2) is 24.3 Å². The fourth-order valence-electron chi connectivity index (χ4n) is 2.35. The number of aryl methyl sites for hydroxylation is 3. The molecule has 0 amide bonds. The van der Waals surface area contributed by atoms with Crippen LogP contribution in [0.3, 0.4) is 0 Å². The van der Waals surface area contributed by atoms with Crippen molar-refractivity contribution in [1.82, 2.24) is 10.3 Å². The maximum absolute atomic E-state index is 4.50. The Bertz CT molecular complexity index is 542. The summed E-state index contributed by atoms with van der Waals surface area (Å²) in [5.74, 6) is 0. The summed E-state index contributed by atoms with van der Waals surface area (Å²) in [6.07, 6.45) is 0. The van der Waals surface area contributed by atoms with Crippen molar-refractivity contribution >= 4 is 11.3 Å². The average molecular weight is 274 g/mol. The van der Waals surface area contributed by atoms with E-state index in [2.05, 4.69) is 69.2 Å². The van der Waals surface area contributed by atoms with Gasteiger partial charge in [-0.25, -0.2) is 4.98 Å². The highest BCUT2D eigenvalue weighted by molar-refractivity contribution is 7.11. The van der Waals surface area contributed by atoms with Crippen molar-refractivity contribution in [2.45, 2.75) is 46.7 Å². The van der Waals surface area contributed by atoms with Crippen LogP contribution >= 0.6 is 11.3 Å². The van der Waals surface area contributed by atoms with Gasteiger partial charge in [-0.15, -0.1) is 11.3 Å². The summed E-state index contributed by atoms with van der Waals surface area (Å²) in [6.45, 7) is 10.7. The molecule has 1 aromatic carbocycles. The van der Waals surface area contributed by atoms with E-state index in [0.29, 0.717) is 12.1 Å². The van der Waals surface area contributed by atoms with Crippen LogP contribution in [-0.4, -0.2) is 4.98 Å². The van der Waals surface area contributed by atoms with Crippen molar-refractivity contribution in [3.05, 3.63) is 51.0 Å². The third-order valence-corrected chi connectivity index (χ3v) is 4.67. The molecule has 1 N–H and O–H groups in total. The third kappa shape index (κ3) is 3.43. The van der Waals surface area contributed by atoms with Crippen molar-refractivity contribution in [1.29, 1.82) is 0 Å². The van der Waals surface area contributed by atoms with E-state index in [1.54, 1.807) is 11.3 Å². The van der Waals surface area contributed by atoms with Crippen LogP contribution in [-0.2, 0) is 0 Å². The lowest BCUT2D eigenvalue weighted by Gasteiger charge is -2.20. The third-order valence-electron chi connectivity index (χ3n) is 3.41. The Morgan fingerprint density at radius 3 is 2.16 bits per heavy atom. The molecule has 2 nitrogen and oxygen atoms in total. The second-order valence-electron chi connectivity index (χ2n) is 5.20. The summed E-state index contributed by atoms with van der Waals surface area (Å²) in [5, 5.41) is 4.80. The van der Waals surface area contributed by atoms with Crippen molar-refractivity contribution in [2.75, 3.05) is 0 Å². The van der Waals surface area contributed by atoms with Gasteiger partial charge >= 0.3 is 0 Å². The normalized spacial score (nSPS) is 14.4. The lowest BCUT2D eigenvalue weighted by Crippen LogP contribution is -2.22. The van der Waals surface area contributed by atoms with E-state index >= 15 is 0 Å². The first kappa shape index (κ1) is 14.2. The summed E-state index contributed by atoms with van der Waals surface area (Å²) in [4.78, 5) is 5.85. The lowest BCUT2D eigenvalue weighted by atomic mass is 10.1. The molecule has 1 aromatic heterocycles. The van der Waals surface area contributed by atoms with Crippen LogP contribution in [0, 0.1) is 20.8 Å². The Morgan fingerprint density at radius 2 is 1.63 bits per heavy atom. The highest BCUT2D eigenvalue weighted by Gasteiger charge is 2.15. The van der Waals surface area contributed by atoms with Crippen molar-refractivity contribution in [2.24, 2.45) is 0 Å². The molecule has 2 atom stereocenters. The Morgan fingerprint density at radius 1 is 1.00 bits per heavy atom. The van der Waals surface area contributed by atoms with E-state index in [9.17, 15) is 0 Å². The van der Waals surface area contributed by atoms with Gasteiger partial charge in [-0.2, -0.15) is 0 Å². The minimum absolute atomic E-state index is 0.336. The van der Waals surface area contributed by atoms with Gasteiger partial charge in [0, 0.05) is 17.0 Å². The number of nitrogens with one attached hydrogen (secondary N) is 1. The minimum atomic E-state index is 0.336. The fraction of sp³-hybridized carbons (Fsp3) is 0.438. The minimum Gasteiger partial charge on any atom is -0.303 e. The van der Waals surface area contributed by atoms with Crippen molar-refractivity contribution < 1.29 is 0 Å². The Balaban J connectivity index is 2.08. The topological polar surface area (TPSA) is 24.9 Å². The molecule has 0 aliphatic carbocycles. The zero-order valence-electron chi connectivity index (χ0n) is 12.3. The van der Waals surface area contributed by atoms with Gasteiger partial charge in [0.05, 0.1) is 10.7 Å². The second kappa shape index (κ2) is 5.85. The predicted molar refractivity (Wildman–Crippen MR) is 82.7 cm³/mol. The van der Waals surface area contributed by atoms with Crippen LogP contribution in [0.4, 0.5) is 0 Å². The van der Waals surface area contributed by atoms with Crippen molar-refractivity contribution in [3.8, 4) is 0 Å². The first-order valence-corrected chi connectivity index (χ1v) is 7.55. The number of thiazole rings is 1. The quantitative estimate of drug-likeness (QED) is 0.889. The van der Waals surface area contributed by atoms with Gasteiger partial charge in [0.2, 0.25) is 0 Å². The molecular weight excluding hydrogens is 252 g/mol. The standard InChI is InChI=1S/C16H22N2S/c1-10-6-8-15(9-7-10)11(2)17-12(3)16-13(4)18-14(5)19-16/h6-9,11-12,17H,1-5H3/t11-,12?/m1/s1. The molecule has 0 saturated carbocycles. The van der Waals surface area contributed by atoms with Crippen LogP contribution in [0.2, 0.25) is 0 Å². The number of hydrogen-bond donors (Lipinski definition) is 1. The number of benzene rings is 1. The molecule has 1 heterocycles. The molecule has 2 rings (SSSR count). The fourth-order valence-corrected chi connectivity index (χ4v) is 3.29. The summed E-state index contributed by atoms with van der Waals surface area (Å²) in [5.41, 5.74) is 3.79. The molecule has 0 saturated heterocycles. The van der Waals surface area contributed by atoms with E-state index in [4.69, 9.17) is 0 Å². The number of aromatic nitrogens is 1. The molecule has 0 aliphatic heterocycles. The van der Waals surface area contributed by atoms with Gasteiger partial charge in [-0.1, -0.05) is 29.8 Å². The van der Waals surface area contributed by atoms with Crippen LogP contribution in [0.1, 0.15) is 52.6 Å². The maximum Gasteiger partial charge on any atom is 0.0900 e. The molecule has 0 aliphatic rings. The predicted octanol–water partition coefficient (Wildman–Crippen LogP) is 4.48. The van der Waals surface area contributed by atoms with Gasteiger partial charge in [-0.3, -0.25) is 0 Å². The van der Waals surface area contributed by atoms with E-state index in [-0.39, 0.29) is 0 Å².